The fourth-order valence-corrected chi connectivity index (χ4v) is 6.64. The van der Waals surface area contributed by atoms with Crippen LogP contribution in [0.25, 0.3) is 65.7 Å². The summed E-state index contributed by atoms with van der Waals surface area (Å²) in [5.74, 6) is 0. The van der Waals surface area contributed by atoms with Gasteiger partial charge >= 0.3 is 0 Å². The molecule has 0 aliphatic rings. The van der Waals surface area contributed by atoms with Gasteiger partial charge in [0.25, 0.3) is 0 Å². The van der Waals surface area contributed by atoms with Crippen LogP contribution in [0.3, 0.4) is 0 Å². The molecule has 0 aliphatic heterocycles. The number of nitrogens with zero attached hydrogens (tertiary/aromatic N) is 2. The molecule has 0 radical (unpaired) electrons. The molecule has 46 heavy (non-hydrogen) atoms. The fourth-order valence-electron chi connectivity index (χ4n) is 6.64. The molecule has 0 saturated heterocycles. The highest BCUT2D eigenvalue weighted by Gasteiger charge is 2.15. The van der Waals surface area contributed by atoms with Crippen LogP contribution in [0, 0.1) is 0 Å². The molecule has 0 N–H and O–H groups in total. The summed E-state index contributed by atoms with van der Waals surface area (Å²) in [6, 6.07) is 56.4. The lowest BCUT2D eigenvalue weighted by atomic mass is 9.96. The third-order valence-electron chi connectivity index (χ3n) is 8.94. The van der Waals surface area contributed by atoms with Crippen LogP contribution in [-0.2, 0) is 0 Å². The van der Waals surface area contributed by atoms with Gasteiger partial charge in [-0.25, -0.2) is 0 Å². The summed E-state index contributed by atoms with van der Waals surface area (Å²) in [5, 5.41) is 6.99. The van der Waals surface area contributed by atoms with Gasteiger partial charge in [0.05, 0.1) is 6.20 Å². The number of fused-ring (bicyclic) bond motifs is 5. The highest BCUT2D eigenvalue weighted by atomic mass is 16.3. The molecule has 0 atom stereocenters. The molecule has 3 nitrogen and oxygen atoms in total. The van der Waals surface area contributed by atoms with Crippen molar-refractivity contribution in [2.45, 2.75) is 0 Å². The minimum absolute atomic E-state index is 0.810. The number of furan rings is 1. The van der Waals surface area contributed by atoms with E-state index in [1.807, 2.05) is 12.3 Å². The van der Waals surface area contributed by atoms with Crippen molar-refractivity contribution in [1.82, 2.24) is 4.98 Å². The third kappa shape index (κ3) is 4.49. The maximum absolute atomic E-state index is 6.12. The van der Waals surface area contributed by atoms with Crippen LogP contribution in [0.1, 0.15) is 0 Å². The largest absolute Gasteiger partial charge is 0.454 e. The first-order valence-electron chi connectivity index (χ1n) is 15.5. The zero-order valence-electron chi connectivity index (χ0n) is 25.0. The van der Waals surface area contributed by atoms with Gasteiger partial charge in [-0.15, -0.1) is 0 Å². The SMILES string of the molecule is c1ccc(-c2ccc(N(c3ccc(-c4cccc5cc6oc7cnccc7c6cc45)cc3)c3ccc4ccccc4c3)cc2)cc1. The van der Waals surface area contributed by atoms with Crippen molar-refractivity contribution in [1.29, 1.82) is 0 Å². The molecular formula is C43H28N2O. The van der Waals surface area contributed by atoms with Crippen LogP contribution in [0.5, 0.6) is 0 Å². The highest BCUT2D eigenvalue weighted by molar-refractivity contribution is 6.12. The Hall–Kier alpha value is -6.19. The van der Waals surface area contributed by atoms with E-state index >= 15 is 0 Å². The molecule has 2 aromatic heterocycles. The average molecular weight is 589 g/mol. The van der Waals surface area contributed by atoms with E-state index in [9.17, 15) is 0 Å². The van der Waals surface area contributed by atoms with E-state index in [2.05, 4.69) is 162 Å². The summed E-state index contributed by atoms with van der Waals surface area (Å²) >= 11 is 0. The summed E-state index contributed by atoms with van der Waals surface area (Å²) < 4.78 is 6.12. The number of hydrogen-bond acceptors (Lipinski definition) is 3. The van der Waals surface area contributed by atoms with Gasteiger partial charge in [-0.2, -0.15) is 0 Å². The summed E-state index contributed by atoms with van der Waals surface area (Å²) in [7, 11) is 0. The lowest BCUT2D eigenvalue weighted by molar-refractivity contribution is 0.667. The Bertz CT molecular complexity index is 2510. The first-order chi connectivity index (χ1) is 22.8. The lowest BCUT2D eigenvalue weighted by Gasteiger charge is -2.26. The van der Waals surface area contributed by atoms with Gasteiger partial charge in [0.1, 0.15) is 5.58 Å². The molecule has 3 heteroatoms. The second-order valence-electron chi connectivity index (χ2n) is 11.7. The maximum Gasteiger partial charge on any atom is 0.153 e. The van der Waals surface area contributed by atoms with E-state index in [0.717, 1.165) is 44.4 Å². The predicted molar refractivity (Wildman–Crippen MR) is 192 cm³/mol. The summed E-state index contributed by atoms with van der Waals surface area (Å²) in [6.45, 7) is 0. The second kappa shape index (κ2) is 10.8. The summed E-state index contributed by atoms with van der Waals surface area (Å²) in [4.78, 5) is 6.58. The quantitative estimate of drug-likeness (QED) is 0.200. The van der Waals surface area contributed by atoms with Crippen LogP contribution in [0.2, 0.25) is 0 Å². The topological polar surface area (TPSA) is 29.3 Å². The Balaban J connectivity index is 1.15. The van der Waals surface area contributed by atoms with Crippen LogP contribution < -0.4 is 4.90 Å². The van der Waals surface area contributed by atoms with Crippen molar-refractivity contribution in [2.24, 2.45) is 0 Å². The van der Waals surface area contributed by atoms with Crippen molar-refractivity contribution in [3.05, 3.63) is 170 Å². The van der Waals surface area contributed by atoms with Gasteiger partial charge in [0.2, 0.25) is 0 Å². The molecule has 0 amide bonds. The molecule has 0 spiro atoms. The van der Waals surface area contributed by atoms with E-state index in [-0.39, 0.29) is 0 Å². The Morgan fingerprint density at radius 2 is 1.09 bits per heavy atom. The average Bonchev–Trinajstić information content (AvgIpc) is 3.49. The van der Waals surface area contributed by atoms with Gasteiger partial charge in [0.15, 0.2) is 5.58 Å². The zero-order valence-corrected chi connectivity index (χ0v) is 25.0. The van der Waals surface area contributed by atoms with Crippen molar-refractivity contribution < 1.29 is 4.42 Å². The first kappa shape index (κ1) is 26.2. The van der Waals surface area contributed by atoms with Crippen molar-refractivity contribution in [2.75, 3.05) is 4.90 Å². The molecule has 0 aliphatic carbocycles. The van der Waals surface area contributed by atoms with E-state index in [1.165, 1.54) is 38.4 Å². The summed E-state index contributed by atoms with van der Waals surface area (Å²) in [6.07, 6.45) is 3.61. The van der Waals surface area contributed by atoms with Gasteiger partial charge < -0.3 is 9.32 Å². The normalized spacial score (nSPS) is 11.5. The smallest absolute Gasteiger partial charge is 0.153 e. The van der Waals surface area contributed by atoms with Crippen LogP contribution in [-0.4, -0.2) is 4.98 Å². The molecule has 7 aromatic carbocycles. The maximum atomic E-state index is 6.12. The van der Waals surface area contributed by atoms with Gasteiger partial charge in [-0.05, 0) is 98.4 Å². The molecule has 9 rings (SSSR count). The van der Waals surface area contributed by atoms with Gasteiger partial charge in [0, 0.05) is 34.0 Å². The number of aromatic nitrogens is 1. The van der Waals surface area contributed by atoms with E-state index < -0.39 is 0 Å². The number of anilines is 3. The second-order valence-corrected chi connectivity index (χ2v) is 11.7. The van der Waals surface area contributed by atoms with Crippen LogP contribution in [0.15, 0.2) is 175 Å². The molecule has 0 saturated carbocycles. The minimum Gasteiger partial charge on any atom is -0.454 e. The Morgan fingerprint density at radius 1 is 0.413 bits per heavy atom. The number of hydrogen-bond donors (Lipinski definition) is 0. The van der Waals surface area contributed by atoms with Crippen molar-refractivity contribution >= 4 is 60.5 Å². The minimum atomic E-state index is 0.810. The molecule has 0 fully saturated rings. The molecule has 9 aromatic rings. The number of pyridine rings is 1. The first-order valence-corrected chi connectivity index (χ1v) is 15.5. The standard InChI is InChI=1S/C43H28N2O/c1-2-7-29(8-3-1)31-13-18-35(19-14-31)45(37-22-15-30-9-4-5-10-33(30)25-37)36-20-16-32(17-21-36)38-12-6-11-34-26-42-41(27-40(34)38)39-23-24-44-28-43(39)46-42/h1-28H. The van der Waals surface area contributed by atoms with Gasteiger partial charge in [-0.1, -0.05) is 103 Å². The fraction of sp³-hybridized carbons (Fsp3) is 0. The van der Waals surface area contributed by atoms with Crippen LogP contribution >= 0.6 is 0 Å². The van der Waals surface area contributed by atoms with Gasteiger partial charge in [-0.3, -0.25) is 4.98 Å². The van der Waals surface area contributed by atoms with Crippen molar-refractivity contribution in [3.63, 3.8) is 0 Å². The van der Waals surface area contributed by atoms with Crippen molar-refractivity contribution in [3.8, 4) is 22.3 Å². The predicted octanol–water partition coefficient (Wildman–Crippen LogP) is 12.1. The summed E-state index contributed by atoms with van der Waals surface area (Å²) in [5.41, 5.74) is 9.79. The van der Waals surface area contributed by atoms with Crippen LogP contribution in [0.4, 0.5) is 17.1 Å². The molecule has 0 bridgehead atoms. The molecule has 0 unspecified atom stereocenters. The lowest BCUT2D eigenvalue weighted by Crippen LogP contribution is -2.09. The third-order valence-corrected chi connectivity index (χ3v) is 8.94. The number of benzene rings is 7. The molecule has 2 heterocycles. The van der Waals surface area contributed by atoms with E-state index in [1.54, 1.807) is 6.20 Å². The Kier molecular flexibility index (Phi) is 6.14. The van der Waals surface area contributed by atoms with E-state index in [0.29, 0.717) is 0 Å². The molecule has 216 valence electrons. The monoisotopic (exact) mass is 588 g/mol. The highest BCUT2D eigenvalue weighted by Crippen LogP contribution is 2.40. The Morgan fingerprint density at radius 3 is 1.89 bits per heavy atom. The number of rotatable bonds is 5. The zero-order chi connectivity index (χ0) is 30.5. The van der Waals surface area contributed by atoms with E-state index in [4.69, 9.17) is 4.42 Å². The Labute approximate surface area is 266 Å². The molecular weight excluding hydrogens is 560 g/mol.